The van der Waals surface area contributed by atoms with Crippen molar-refractivity contribution in [3.8, 4) is 5.75 Å². The Morgan fingerprint density at radius 2 is 1.93 bits per heavy atom. The lowest BCUT2D eigenvalue weighted by atomic mass is 9.87. The first-order valence-electron chi connectivity index (χ1n) is 9.04. The van der Waals surface area contributed by atoms with E-state index in [1.54, 1.807) is 38.2 Å². The maximum Gasteiger partial charge on any atom is 0.253 e. The Hall–Kier alpha value is -2.60. The number of benzene rings is 2. The summed E-state index contributed by atoms with van der Waals surface area (Å²) in [7, 11) is 5.17. The van der Waals surface area contributed by atoms with Gasteiger partial charge in [-0.15, -0.1) is 0 Å². The van der Waals surface area contributed by atoms with Crippen LogP contribution in [-0.2, 0) is 6.42 Å². The average molecular weight is 384 g/mol. The number of nitrogens with zero attached hydrogens (tertiary/aromatic N) is 1. The molecule has 3 rings (SSSR count). The van der Waals surface area contributed by atoms with Gasteiger partial charge in [0, 0.05) is 25.3 Å². The summed E-state index contributed by atoms with van der Waals surface area (Å²) in [6, 6.07) is 13.7. The molecular formula is C21H25N3O2S. The lowest BCUT2D eigenvalue weighted by molar-refractivity contribution is 0.0827. The van der Waals surface area contributed by atoms with Gasteiger partial charge in [0.2, 0.25) is 0 Å². The highest BCUT2D eigenvalue weighted by molar-refractivity contribution is 7.80. The van der Waals surface area contributed by atoms with Crippen LogP contribution in [0.3, 0.4) is 0 Å². The summed E-state index contributed by atoms with van der Waals surface area (Å²) in [6.07, 6.45) is 3.21. The quantitative estimate of drug-likeness (QED) is 0.788. The second-order valence-corrected chi connectivity index (χ2v) is 7.29. The summed E-state index contributed by atoms with van der Waals surface area (Å²) >= 11 is 5.50. The summed E-state index contributed by atoms with van der Waals surface area (Å²) in [5, 5.41) is 7.21. The van der Waals surface area contributed by atoms with E-state index >= 15 is 0 Å². The average Bonchev–Trinajstić information content (AvgIpc) is 2.67. The van der Waals surface area contributed by atoms with Gasteiger partial charge in [0.1, 0.15) is 5.75 Å². The molecular weight excluding hydrogens is 358 g/mol. The molecule has 1 atom stereocenters. The van der Waals surface area contributed by atoms with Crippen LogP contribution in [0.1, 0.15) is 40.4 Å². The van der Waals surface area contributed by atoms with Gasteiger partial charge < -0.3 is 20.3 Å². The van der Waals surface area contributed by atoms with Crippen LogP contribution in [0.5, 0.6) is 5.75 Å². The Labute approximate surface area is 165 Å². The van der Waals surface area contributed by atoms with Gasteiger partial charge in [0.05, 0.1) is 13.2 Å². The van der Waals surface area contributed by atoms with Crippen molar-refractivity contribution in [1.82, 2.24) is 10.2 Å². The van der Waals surface area contributed by atoms with Crippen LogP contribution in [0.25, 0.3) is 0 Å². The minimum atomic E-state index is -0.0171. The molecule has 142 valence electrons. The summed E-state index contributed by atoms with van der Waals surface area (Å²) in [4.78, 5) is 13.5. The maximum atomic E-state index is 12.0. The molecule has 2 N–H and O–H groups in total. The first-order valence-corrected chi connectivity index (χ1v) is 9.45. The molecule has 0 bridgehead atoms. The SMILES string of the molecule is COc1ccc2c(c1)CCC[C@H]2NC(=S)Nc1ccc(C(=O)N(C)C)cc1. The third-order valence-corrected chi connectivity index (χ3v) is 4.99. The van der Waals surface area contributed by atoms with E-state index in [2.05, 4.69) is 22.8 Å². The Kier molecular flexibility index (Phi) is 5.96. The fourth-order valence-electron chi connectivity index (χ4n) is 3.35. The standard InChI is InChI=1S/C21H25N3O2S/c1-24(2)20(25)14-7-9-16(10-8-14)22-21(27)23-19-6-4-5-15-13-17(26-3)11-12-18(15)19/h7-13,19H,4-6H2,1-3H3,(H2,22,23,27)/t19-/m1/s1. The Balaban J connectivity index is 1.64. The number of amides is 1. The van der Waals surface area contributed by atoms with Gasteiger partial charge in [-0.05, 0) is 79.0 Å². The van der Waals surface area contributed by atoms with E-state index in [1.165, 1.54) is 11.1 Å². The number of carbonyl (C=O) groups is 1. The molecule has 0 fully saturated rings. The molecule has 5 nitrogen and oxygen atoms in total. The molecule has 27 heavy (non-hydrogen) atoms. The molecule has 0 spiro atoms. The number of hydrogen-bond acceptors (Lipinski definition) is 3. The predicted molar refractivity (Wildman–Crippen MR) is 112 cm³/mol. The molecule has 2 aromatic carbocycles. The zero-order valence-corrected chi connectivity index (χ0v) is 16.7. The van der Waals surface area contributed by atoms with Crippen molar-refractivity contribution < 1.29 is 9.53 Å². The summed E-state index contributed by atoms with van der Waals surface area (Å²) < 4.78 is 5.33. The van der Waals surface area contributed by atoms with Crippen LogP contribution >= 0.6 is 12.2 Å². The van der Waals surface area contributed by atoms with Gasteiger partial charge in [-0.3, -0.25) is 4.79 Å². The molecule has 2 aromatic rings. The largest absolute Gasteiger partial charge is 0.497 e. The first kappa shape index (κ1) is 19.2. The maximum absolute atomic E-state index is 12.0. The Bertz CT molecular complexity index is 834. The molecule has 0 saturated heterocycles. The second-order valence-electron chi connectivity index (χ2n) is 6.88. The van der Waals surface area contributed by atoms with Gasteiger partial charge in [-0.25, -0.2) is 0 Å². The monoisotopic (exact) mass is 383 g/mol. The van der Waals surface area contributed by atoms with Crippen LogP contribution in [-0.4, -0.2) is 37.1 Å². The zero-order chi connectivity index (χ0) is 19.4. The van der Waals surface area contributed by atoms with Crippen LogP contribution in [0, 0.1) is 0 Å². The number of aryl methyl sites for hydroxylation is 1. The summed E-state index contributed by atoms with van der Waals surface area (Å²) in [5.41, 5.74) is 4.10. The van der Waals surface area contributed by atoms with Crippen LogP contribution in [0.15, 0.2) is 42.5 Å². The van der Waals surface area contributed by atoms with E-state index in [4.69, 9.17) is 17.0 Å². The minimum absolute atomic E-state index is 0.0171. The van der Waals surface area contributed by atoms with Gasteiger partial charge >= 0.3 is 0 Å². The topological polar surface area (TPSA) is 53.6 Å². The van der Waals surface area contributed by atoms with Crippen molar-refractivity contribution in [1.29, 1.82) is 0 Å². The van der Waals surface area contributed by atoms with E-state index in [9.17, 15) is 4.79 Å². The number of carbonyl (C=O) groups excluding carboxylic acids is 1. The van der Waals surface area contributed by atoms with Crippen molar-refractivity contribution >= 4 is 28.9 Å². The second kappa shape index (κ2) is 8.39. The Morgan fingerprint density at radius 1 is 1.19 bits per heavy atom. The third-order valence-electron chi connectivity index (χ3n) is 4.77. The van der Waals surface area contributed by atoms with Crippen molar-refractivity contribution in [3.63, 3.8) is 0 Å². The highest BCUT2D eigenvalue weighted by Gasteiger charge is 2.21. The van der Waals surface area contributed by atoms with Crippen LogP contribution in [0.4, 0.5) is 5.69 Å². The fourth-order valence-corrected chi connectivity index (χ4v) is 3.61. The normalized spacial score (nSPS) is 15.4. The number of fused-ring (bicyclic) bond motifs is 1. The highest BCUT2D eigenvalue weighted by atomic mass is 32.1. The molecule has 0 aromatic heterocycles. The van der Waals surface area contributed by atoms with Crippen LogP contribution < -0.4 is 15.4 Å². The molecule has 6 heteroatoms. The van der Waals surface area contributed by atoms with E-state index < -0.39 is 0 Å². The van der Waals surface area contributed by atoms with Crippen molar-refractivity contribution in [2.45, 2.75) is 25.3 Å². The van der Waals surface area contributed by atoms with Gasteiger partial charge in [-0.1, -0.05) is 6.07 Å². The number of thiocarbonyl (C=S) groups is 1. The van der Waals surface area contributed by atoms with E-state index in [1.807, 2.05) is 18.2 Å². The van der Waals surface area contributed by atoms with Gasteiger partial charge in [0.15, 0.2) is 5.11 Å². The minimum Gasteiger partial charge on any atom is -0.497 e. The van der Waals surface area contributed by atoms with Crippen molar-refractivity contribution in [3.05, 3.63) is 59.2 Å². The van der Waals surface area contributed by atoms with E-state index in [-0.39, 0.29) is 11.9 Å². The smallest absolute Gasteiger partial charge is 0.253 e. The number of rotatable bonds is 4. The highest BCUT2D eigenvalue weighted by Crippen LogP contribution is 2.32. The fraction of sp³-hybridized carbons (Fsp3) is 0.333. The molecule has 1 aliphatic rings. The Morgan fingerprint density at radius 3 is 2.59 bits per heavy atom. The lowest BCUT2D eigenvalue weighted by Crippen LogP contribution is -2.34. The number of ether oxygens (including phenoxy) is 1. The molecule has 0 radical (unpaired) electrons. The third kappa shape index (κ3) is 4.57. The van der Waals surface area contributed by atoms with Gasteiger partial charge in [0.25, 0.3) is 5.91 Å². The molecule has 1 aliphatic carbocycles. The van der Waals surface area contributed by atoms with E-state index in [0.29, 0.717) is 10.7 Å². The lowest BCUT2D eigenvalue weighted by Gasteiger charge is -2.28. The zero-order valence-electron chi connectivity index (χ0n) is 15.9. The van der Waals surface area contributed by atoms with Crippen LogP contribution in [0.2, 0.25) is 0 Å². The van der Waals surface area contributed by atoms with E-state index in [0.717, 1.165) is 30.7 Å². The molecule has 0 heterocycles. The van der Waals surface area contributed by atoms with Gasteiger partial charge in [-0.2, -0.15) is 0 Å². The molecule has 0 aliphatic heterocycles. The number of methoxy groups -OCH3 is 1. The molecule has 0 unspecified atom stereocenters. The number of nitrogens with one attached hydrogen (secondary N) is 2. The first-order chi connectivity index (χ1) is 13.0. The van der Waals surface area contributed by atoms with Crippen molar-refractivity contribution in [2.24, 2.45) is 0 Å². The summed E-state index contributed by atoms with van der Waals surface area (Å²) in [6.45, 7) is 0. The number of anilines is 1. The molecule has 0 saturated carbocycles. The predicted octanol–water partition coefficient (Wildman–Crippen LogP) is 3.76. The van der Waals surface area contributed by atoms with Crippen molar-refractivity contribution in [2.75, 3.05) is 26.5 Å². The summed E-state index contributed by atoms with van der Waals surface area (Å²) in [5.74, 6) is 0.874. The number of hydrogen-bond donors (Lipinski definition) is 2. The molecule has 1 amide bonds.